The minimum Gasteiger partial charge on any atom is -0.476 e. The molecule has 4 aliphatic heterocycles. The number of nitrogens with two attached hydrogens (primary N) is 1. The van der Waals surface area contributed by atoms with Gasteiger partial charge in [0, 0.05) is 43.2 Å². The maximum atomic E-state index is 12.7. The largest absolute Gasteiger partial charge is 0.476 e. The first kappa shape index (κ1) is 36.8. The average Bonchev–Trinajstić information content (AvgIpc) is 4.08. The first-order chi connectivity index (χ1) is 28.2. The predicted molar refractivity (Wildman–Crippen MR) is 210 cm³/mol. The van der Waals surface area contributed by atoms with E-state index in [1.54, 1.807) is 16.9 Å². The summed E-state index contributed by atoms with van der Waals surface area (Å²) < 4.78 is 3.13. The van der Waals surface area contributed by atoms with Crippen molar-refractivity contribution in [3.63, 3.8) is 0 Å². The molecule has 3 unspecified atom stereocenters. The number of nitrogens with zero attached hydrogens (tertiary/aromatic N) is 11. The van der Waals surface area contributed by atoms with Crippen LogP contribution in [0.2, 0.25) is 0 Å². The van der Waals surface area contributed by atoms with Crippen LogP contribution in [0, 0.1) is 0 Å². The van der Waals surface area contributed by atoms with Crippen molar-refractivity contribution >= 4 is 41.1 Å². The molecule has 4 saturated heterocycles. The van der Waals surface area contributed by atoms with Gasteiger partial charge in [0.2, 0.25) is 0 Å². The van der Waals surface area contributed by atoms with Gasteiger partial charge in [0.15, 0.2) is 11.4 Å². The minimum absolute atomic E-state index is 0.0742. The van der Waals surface area contributed by atoms with Crippen LogP contribution in [-0.2, 0) is 19.5 Å². The number of carboxylic acid groups (broad SMARTS) is 1. The van der Waals surface area contributed by atoms with Gasteiger partial charge in [-0.1, -0.05) is 40.8 Å². The molecule has 18 nitrogen and oxygen atoms in total. The normalized spacial score (nSPS) is 20.6. The number of urea groups is 2. The fourth-order valence-electron chi connectivity index (χ4n) is 8.63. The molecule has 2 aromatic carbocycles. The molecule has 5 aromatic rings. The second-order valence-electron chi connectivity index (χ2n) is 15.3. The Morgan fingerprint density at radius 1 is 0.724 bits per heavy atom. The van der Waals surface area contributed by atoms with Crippen LogP contribution in [0.15, 0.2) is 73.1 Å². The molecule has 18 heteroatoms. The molecule has 4 fully saturated rings. The highest BCUT2D eigenvalue weighted by Gasteiger charge is 2.41. The summed E-state index contributed by atoms with van der Waals surface area (Å²) in [5.41, 5.74) is 11.7. The molecule has 298 valence electrons. The van der Waals surface area contributed by atoms with E-state index in [-0.39, 0.29) is 35.4 Å². The Morgan fingerprint density at radius 3 is 1.78 bits per heavy atom. The van der Waals surface area contributed by atoms with Gasteiger partial charge in [-0.05, 0) is 85.5 Å². The van der Waals surface area contributed by atoms with Gasteiger partial charge in [0.05, 0.1) is 43.6 Å². The lowest BCUT2D eigenvalue weighted by atomic mass is 10.1. The lowest BCUT2D eigenvalue weighted by molar-refractivity contribution is 0.0690. The summed E-state index contributed by atoms with van der Waals surface area (Å²) in [6, 6.07) is 20.1. The second kappa shape index (κ2) is 15.2. The summed E-state index contributed by atoms with van der Waals surface area (Å²) >= 11 is 0. The van der Waals surface area contributed by atoms with Gasteiger partial charge in [-0.3, -0.25) is 14.6 Å². The van der Waals surface area contributed by atoms with Crippen LogP contribution in [0.5, 0.6) is 0 Å². The van der Waals surface area contributed by atoms with Gasteiger partial charge in [-0.15, -0.1) is 10.2 Å². The quantitative estimate of drug-likeness (QED) is 0.197. The number of nitrogens with one attached hydrogen (secondary N) is 1. The van der Waals surface area contributed by atoms with E-state index in [0.29, 0.717) is 31.0 Å². The number of carbonyl (C=O) groups excluding carboxylic acids is 3. The Kier molecular flexibility index (Phi) is 9.66. The molecule has 4 N–H and O–H groups in total. The Morgan fingerprint density at radius 2 is 1.26 bits per heavy atom. The third-order valence-corrected chi connectivity index (χ3v) is 11.6. The van der Waals surface area contributed by atoms with Crippen molar-refractivity contribution in [3.05, 3.63) is 107 Å². The molecule has 5 aliphatic rings. The molecule has 58 heavy (non-hydrogen) atoms. The molecule has 1 aliphatic carbocycles. The lowest BCUT2D eigenvalue weighted by Crippen LogP contribution is -2.31. The second-order valence-corrected chi connectivity index (χ2v) is 15.3. The number of aryl methyl sites for hydroxylation is 1. The molecule has 10 rings (SSSR count). The number of carbonyl (C=O) groups is 4. The van der Waals surface area contributed by atoms with Gasteiger partial charge in [0.25, 0.3) is 5.91 Å². The van der Waals surface area contributed by atoms with Crippen LogP contribution in [0.4, 0.5) is 26.8 Å². The van der Waals surface area contributed by atoms with E-state index in [4.69, 9.17) is 10.8 Å². The van der Waals surface area contributed by atoms with Crippen molar-refractivity contribution in [2.24, 2.45) is 0 Å². The molecule has 3 atom stereocenters. The van der Waals surface area contributed by atoms with E-state index < -0.39 is 5.97 Å². The van der Waals surface area contributed by atoms with Crippen LogP contribution in [0.3, 0.4) is 0 Å². The zero-order valence-corrected chi connectivity index (χ0v) is 31.7. The number of aromatic nitrogens is 7. The number of anilines is 3. The molecular formula is C40H43N13O5. The van der Waals surface area contributed by atoms with Crippen LogP contribution in [0.25, 0.3) is 0 Å². The maximum Gasteiger partial charge on any atom is 0.358 e. The van der Waals surface area contributed by atoms with E-state index >= 15 is 0 Å². The Labute approximate surface area is 333 Å². The van der Waals surface area contributed by atoms with E-state index in [9.17, 15) is 19.2 Å². The summed E-state index contributed by atoms with van der Waals surface area (Å²) in [6.07, 6.45) is 8.99. The zero-order valence-electron chi connectivity index (χ0n) is 31.7. The maximum absolute atomic E-state index is 12.7. The van der Waals surface area contributed by atoms with Gasteiger partial charge in [-0.2, -0.15) is 0 Å². The number of rotatable bonds is 9. The molecule has 0 bridgehead atoms. The van der Waals surface area contributed by atoms with Crippen LogP contribution >= 0.6 is 0 Å². The van der Waals surface area contributed by atoms with Crippen molar-refractivity contribution < 1.29 is 24.3 Å². The molecule has 3 aromatic heterocycles. The first-order valence-corrected chi connectivity index (χ1v) is 19.6. The minimum atomic E-state index is -1.09. The molecular weight excluding hydrogens is 743 g/mol. The standard InChI is InChI=1S/C24H26N8O2.C16H17N5O3/c25-22-10-7-18-19(26-22)8-9-20(18)27-23(33)21-14-30(29-28-21)12-15-3-5-16(6-4-15)32-13-17-2-1-11-31(17)24(32)34;22-15(23)14-10-19(18-17-14)8-11-3-5-12(6-4-11)21-9-13-2-1-7-20(13)16(21)24/h3-7,10,14,17,20H,1-2,8-9,11-13H2,(H2,25,26)(H,27,33);3-6,10,13H,1-2,7-9H2,(H,22,23). The zero-order chi connectivity index (χ0) is 39.9. The molecule has 0 saturated carbocycles. The summed E-state index contributed by atoms with van der Waals surface area (Å²) in [4.78, 5) is 60.5. The fraction of sp³-hybridized carbons (Fsp3) is 0.375. The number of hydrogen-bond donors (Lipinski definition) is 3. The van der Waals surface area contributed by atoms with Crippen molar-refractivity contribution in [1.82, 2.24) is 50.1 Å². The Balaban J connectivity index is 0.000000160. The number of benzene rings is 2. The molecule has 0 radical (unpaired) electrons. The monoisotopic (exact) mass is 785 g/mol. The third kappa shape index (κ3) is 7.28. The summed E-state index contributed by atoms with van der Waals surface area (Å²) in [5.74, 6) is -0.858. The molecule has 7 heterocycles. The highest BCUT2D eigenvalue weighted by atomic mass is 16.4. The predicted octanol–water partition coefficient (Wildman–Crippen LogP) is 3.55. The van der Waals surface area contributed by atoms with E-state index in [1.807, 2.05) is 74.2 Å². The van der Waals surface area contributed by atoms with E-state index in [0.717, 1.165) is 98.5 Å². The van der Waals surface area contributed by atoms with Crippen LogP contribution < -0.4 is 20.9 Å². The smallest absolute Gasteiger partial charge is 0.358 e. The van der Waals surface area contributed by atoms with Crippen molar-refractivity contribution in [2.75, 3.05) is 41.7 Å². The lowest BCUT2D eigenvalue weighted by Gasteiger charge is -2.17. The summed E-state index contributed by atoms with van der Waals surface area (Å²) in [7, 11) is 0. The number of aromatic carboxylic acids is 1. The summed E-state index contributed by atoms with van der Waals surface area (Å²) in [5, 5.41) is 27.4. The van der Waals surface area contributed by atoms with Crippen molar-refractivity contribution in [1.29, 1.82) is 0 Å². The number of amides is 5. The van der Waals surface area contributed by atoms with Gasteiger partial charge in [-0.25, -0.2) is 28.7 Å². The average molecular weight is 786 g/mol. The summed E-state index contributed by atoms with van der Waals surface area (Å²) in [6.45, 7) is 4.15. The van der Waals surface area contributed by atoms with Crippen LogP contribution in [-0.4, -0.2) is 112 Å². The number of hydrogen-bond acceptors (Lipinski definition) is 10. The number of carboxylic acids is 1. The number of nitrogen functional groups attached to an aromatic ring is 1. The highest BCUT2D eigenvalue weighted by molar-refractivity contribution is 5.95. The van der Waals surface area contributed by atoms with Gasteiger partial charge in [0.1, 0.15) is 5.82 Å². The van der Waals surface area contributed by atoms with Gasteiger partial charge < -0.3 is 26.0 Å². The molecule has 5 amide bonds. The van der Waals surface area contributed by atoms with Crippen molar-refractivity contribution in [2.45, 2.75) is 69.7 Å². The van der Waals surface area contributed by atoms with Crippen LogP contribution in [0.1, 0.15) is 81.5 Å². The Bertz CT molecular complexity index is 2360. The fourth-order valence-corrected chi connectivity index (χ4v) is 8.63. The highest BCUT2D eigenvalue weighted by Crippen LogP contribution is 2.33. The Hall–Kier alpha value is -6.85. The number of fused-ring (bicyclic) bond motifs is 3. The first-order valence-electron chi connectivity index (χ1n) is 19.6. The van der Waals surface area contributed by atoms with E-state index in [2.05, 4.69) is 30.9 Å². The third-order valence-electron chi connectivity index (χ3n) is 11.6. The van der Waals surface area contributed by atoms with Gasteiger partial charge >= 0.3 is 18.0 Å². The topological polar surface area (TPSA) is 214 Å². The van der Waals surface area contributed by atoms with E-state index in [1.165, 1.54) is 10.9 Å². The number of pyridine rings is 1. The molecule has 0 spiro atoms. The SMILES string of the molecule is Nc1ccc2c(n1)CCC2NC(=O)c1cn(Cc2ccc(N3CC4CCCN4C3=O)cc2)nn1.O=C(O)c1cn(Cc2ccc(N3CC4CCCN4C3=O)cc2)nn1. The van der Waals surface area contributed by atoms with Crippen molar-refractivity contribution in [3.8, 4) is 0 Å².